The van der Waals surface area contributed by atoms with Crippen LogP contribution in [-0.4, -0.2) is 41.7 Å². The number of amides is 1. The highest BCUT2D eigenvalue weighted by atomic mass is 35.7. The zero-order chi connectivity index (χ0) is 14.5. The first-order valence-corrected chi connectivity index (χ1v) is 7.61. The first kappa shape index (κ1) is 15.7. The highest BCUT2D eigenvalue weighted by Crippen LogP contribution is 2.24. The molecule has 1 rings (SSSR count). The van der Waals surface area contributed by atoms with E-state index in [-0.39, 0.29) is 16.2 Å². The van der Waals surface area contributed by atoms with Crippen molar-refractivity contribution in [2.24, 2.45) is 0 Å². The van der Waals surface area contributed by atoms with Gasteiger partial charge in [0.2, 0.25) is 0 Å². The van der Waals surface area contributed by atoms with E-state index in [2.05, 4.69) is 5.32 Å². The molecule has 0 aliphatic rings. The van der Waals surface area contributed by atoms with Crippen LogP contribution in [0.2, 0.25) is 0 Å². The van der Waals surface area contributed by atoms with Crippen molar-refractivity contribution in [3.8, 4) is 5.75 Å². The first-order valence-electron chi connectivity index (χ1n) is 5.30. The second-order valence-corrected chi connectivity index (χ2v) is 6.11. The molecule has 0 aliphatic heterocycles. The molecule has 6 nitrogen and oxygen atoms in total. The third-order valence-corrected chi connectivity index (χ3v) is 3.64. The summed E-state index contributed by atoms with van der Waals surface area (Å²) in [4.78, 5) is 11.7. The molecular weight excluding hydrogens is 294 g/mol. The summed E-state index contributed by atoms with van der Waals surface area (Å²) >= 11 is 0. The van der Waals surface area contributed by atoms with E-state index in [4.69, 9.17) is 20.2 Å². The smallest absolute Gasteiger partial charge is 0.261 e. The summed E-state index contributed by atoms with van der Waals surface area (Å²) in [6, 6.07) is 3.82. The van der Waals surface area contributed by atoms with Gasteiger partial charge in [-0.1, -0.05) is 0 Å². The summed E-state index contributed by atoms with van der Waals surface area (Å²) < 4.78 is 32.3. The van der Waals surface area contributed by atoms with Crippen molar-refractivity contribution >= 4 is 25.6 Å². The molecule has 0 fully saturated rings. The third kappa shape index (κ3) is 4.38. The second-order valence-electron chi connectivity index (χ2n) is 3.55. The molecular formula is C11H14ClNO5S. The number of nitrogens with one attached hydrogen (secondary N) is 1. The highest BCUT2D eigenvalue weighted by molar-refractivity contribution is 8.13. The average Bonchev–Trinajstić information content (AvgIpc) is 2.37. The fourth-order valence-corrected chi connectivity index (χ4v) is 2.16. The van der Waals surface area contributed by atoms with Gasteiger partial charge in [0, 0.05) is 24.3 Å². The number of carbonyl (C=O) groups is 1. The van der Waals surface area contributed by atoms with E-state index in [1.165, 1.54) is 32.4 Å². The molecule has 0 aliphatic carbocycles. The van der Waals surface area contributed by atoms with Crippen LogP contribution in [0.4, 0.5) is 0 Å². The zero-order valence-electron chi connectivity index (χ0n) is 10.5. The van der Waals surface area contributed by atoms with Crippen LogP contribution in [-0.2, 0) is 13.8 Å². The van der Waals surface area contributed by atoms with E-state index >= 15 is 0 Å². The number of hydrogen-bond acceptors (Lipinski definition) is 5. The maximum atomic E-state index is 11.9. The van der Waals surface area contributed by atoms with E-state index in [9.17, 15) is 13.2 Å². The van der Waals surface area contributed by atoms with Gasteiger partial charge in [-0.25, -0.2) is 8.42 Å². The maximum Gasteiger partial charge on any atom is 0.261 e. The Morgan fingerprint density at radius 2 is 2.05 bits per heavy atom. The topological polar surface area (TPSA) is 81.7 Å². The largest absolute Gasteiger partial charge is 0.496 e. The Hall–Kier alpha value is -1.31. The van der Waals surface area contributed by atoms with Crippen LogP contribution in [0.25, 0.3) is 0 Å². The van der Waals surface area contributed by atoms with Crippen LogP contribution in [0.3, 0.4) is 0 Å². The summed E-state index contributed by atoms with van der Waals surface area (Å²) in [5, 5.41) is 2.57. The lowest BCUT2D eigenvalue weighted by molar-refractivity contribution is 0.0934. The fraction of sp³-hybridized carbons (Fsp3) is 0.364. The highest BCUT2D eigenvalue weighted by Gasteiger charge is 2.17. The van der Waals surface area contributed by atoms with Gasteiger partial charge < -0.3 is 14.8 Å². The Morgan fingerprint density at radius 1 is 1.37 bits per heavy atom. The minimum Gasteiger partial charge on any atom is -0.496 e. The zero-order valence-corrected chi connectivity index (χ0v) is 12.0. The van der Waals surface area contributed by atoms with Gasteiger partial charge in [0.15, 0.2) is 0 Å². The third-order valence-electron chi connectivity index (χ3n) is 2.29. The molecule has 1 aromatic carbocycles. The summed E-state index contributed by atoms with van der Waals surface area (Å²) in [5.41, 5.74) is 0.0975. The quantitative estimate of drug-likeness (QED) is 0.626. The Kier molecular flexibility index (Phi) is 5.59. The molecule has 106 valence electrons. The van der Waals surface area contributed by atoms with Crippen molar-refractivity contribution in [1.82, 2.24) is 5.32 Å². The van der Waals surface area contributed by atoms with Gasteiger partial charge in [-0.3, -0.25) is 4.79 Å². The Labute approximate surface area is 116 Å². The van der Waals surface area contributed by atoms with E-state index in [0.29, 0.717) is 13.2 Å². The van der Waals surface area contributed by atoms with Crippen LogP contribution >= 0.6 is 10.7 Å². The van der Waals surface area contributed by atoms with Gasteiger partial charge in [-0.05, 0) is 18.2 Å². The molecule has 1 aromatic rings. The van der Waals surface area contributed by atoms with Gasteiger partial charge >= 0.3 is 0 Å². The van der Waals surface area contributed by atoms with Crippen LogP contribution in [0.1, 0.15) is 10.4 Å². The molecule has 0 heterocycles. The normalized spacial score (nSPS) is 11.1. The lowest BCUT2D eigenvalue weighted by Crippen LogP contribution is -2.27. The van der Waals surface area contributed by atoms with Crippen LogP contribution < -0.4 is 10.1 Å². The van der Waals surface area contributed by atoms with Crippen molar-refractivity contribution in [3.63, 3.8) is 0 Å². The van der Waals surface area contributed by atoms with E-state index in [1.54, 1.807) is 0 Å². The maximum absolute atomic E-state index is 11.9. The van der Waals surface area contributed by atoms with Crippen molar-refractivity contribution in [3.05, 3.63) is 23.8 Å². The number of methoxy groups -OCH3 is 2. The summed E-state index contributed by atoms with van der Waals surface area (Å²) in [7, 11) is 4.23. The molecule has 0 spiro atoms. The number of hydrogen-bond donors (Lipinski definition) is 1. The second kappa shape index (κ2) is 6.74. The van der Waals surface area contributed by atoms with Crippen molar-refractivity contribution in [2.45, 2.75) is 4.90 Å². The van der Waals surface area contributed by atoms with Gasteiger partial charge in [0.1, 0.15) is 5.75 Å². The molecule has 0 bridgehead atoms. The molecule has 1 N–H and O–H groups in total. The Balaban J connectivity index is 3.06. The molecule has 0 atom stereocenters. The standard InChI is InChI=1S/C11H14ClNO5S/c1-17-6-5-13-11(14)9-7-8(19(12,15)16)3-4-10(9)18-2/h3-4,7H,5-6H2,1-2H3,(H,13,14). The van der Waals surface area contributed by atoms with Crippen LogP contribution in [0.5, 0.6) is 5.75 Å². The fourth-order valence-electron chi connectivity index (χ4n) is 1.38. The lowest BCUT2D eigenvalue weighted by Gasteiger charge is -2.10. The van der Waals surface area contributed by atoms with Crippen LogP contribution in [0, 0.1) is 0 Å². The summed E-state index contributed by atoms with van der Waals surface area (Å²) in [5.74, 6) is -0.199. The number of rotatable bonds is 6. The number of benzene rings is 1. The van der Waals surface area contributed by atoms with Crippen LogP contribution in [0.15, 0.2) is 23.1 Å². The van der Waals surface area contributed by atoms with E-state index in [1.807, 2.05) is 0 Å². The summed E-state index contributed by atoms with van der Waals surface area (Å²) in [6.07, 6.45) is 0. The predicted molar refractivity (Wildman–Crippen MR) is 70.2 cm³/mol. The number of halogens is 1. The molecule has 0 radical (unpaired) electrons. The molecule has 8 heteroatoms. The lowest BCUT2D eigenvalue weighted by atomic mass is 10.2. The van der Waals surface area contributed by atoms with Crippen molar-refractivity contribution in [2.75, 3.05) is 27.4 Å². The Morgan fingerprint density at radius 3 is 2.58 bits per heavy atom. The van der Waals surface area contributed by atoms with Gasteiger partial charge in [-0.2, -0.15) is 0 Å². The SMILES string of the molecule is COCCNC(=O)c1cc(S(=O)(=O)Cl)ccc1OC. The molecule has 0 unspecified atom stereocenters. The minimum absolute atomic E-state index is 0.0975. The van der Waals surface area contributed by atoms with E-state index in [0.717, 1.165) is 0 Å². The molecule has 0 saturated heterocycles. The van der Waals surface area contributed by atoms with Gasteiger partial charge in [-0.15, -0.1) is 0 Å². The monoisotopic (exact) mass is 307 g/mol. The van der Waals surface area contributed by atoms with Crippen molar-refractivity contribution in [1.29, 1.82) is 0 Å². The minimum atomic E-state index is -3.90. The van der Waals surface area contributed by atoms with Gasteiger partial charge in [0.05, 0.1) is 24.2 Å². The first-order chi connectivity index (χ1) is 8.90. The van der Waals surface area contributed by atoms with Gasteiger partial charge in [0.25, 0.3) is 15.0 Å². The van der Waals surface area contributed by atoms with E-state index < -0.39 is 15.0 Å². The predicted octanol–water partition coefficient (Wildman–Crippen LogP) is 0.999. The molecule has 1 amide bonds. The molecule has 0 aromatic heterocycles. The molecule has 19 heavy (non-hydrogen) atoms. The average molecular weight is 308 g/mol. The van der Waals surface area contributed by atoms with Crippen molar-refractivity contribution < 1.29 is 22.7 Å². The Bertz CT molecular complexity index is 558. The molecule has 0 saturated carbocycles. The number of ether oxygens (including phenoxy) is 2. The summed E-state index contributed by atoms with van der Waals surface area (Å²) in [6.45, 7) is 0.651. The number of carbonyl (C=O) groups excluding carboxylic acids is 1.